The molecule has 0 bridgehead atoms. The van der Waals surface area contributed by atoms with Crippen LogP contribution in [0.5, 0.6) is 17.2 Å². The van der Waals surface area contributed by atoms with E-state index < -0.39 is 5.97 Å². The van der Waals surface area contributed by atoms with E-state index in [0.29, 0.717) is 30.9 Å². The van der Waals surface area contributed by atoms with Gasteiger partial charge in [0, 0.05) is 6.61 Å². The van der Waals surface area contributed by atoms with Crippen molar-refractivity contribution in [2.24, 2.45) is 0 Å². The van der Waals surface area contributed by atoms with E-state index in [1.165, 1.54) is 57.1 Å². The summed E-state index contributed by atoms with van der Waals surface area (Å²) < 4.78 is 11.9. The Morgan fingerprint density at radius 1 is 0.871 bits per heavy atom. The third-order valence-corrected chi connectivity index (χ3v) is 5.21. The monoisotopic (exact) mass is 428 g/mol. The molecular weight excluding hydrogens is 392 g/mol. The first-order chi connectivity index (χ1) is 15.1. The third kappa shape index (κ3) is 9.43. The molecule has 0 heterocycles. The SMILES string of the molecule is CCCCCCCCCCOc1ccc(Oc2cccc(C(=O)O)c2)cc1CCCO. The van der Waals surface area contributed by atoms with Crippen LogP contribution in [0.1, 0.15) is 80.6 Å². The third-order valence-electron chi connectivity index (χ3n) is 5.21. The fourth-order valence-electron chi connectivity index (χ4n) is 3.47. The van der Waals surface area contributed by atoms with Crippen LogP contribution in [0.4, 0.5) is 0 Å². The second kappa shape index (κ2) is 14.5. The summed E-state index contributed by atoms with van der Waals surface area (Å²) in [6.45, 7) is 3.03. The second-order valence-corrected chi connectivity index (χ2v) is 7.86. The predicted octanol–water partition coefficient (Wildman–Crippen LogP) is 6.62. The zero-order valence-electron chi connectivity index (χ0n) is 18.6. The van der Waals surface area contributed by atoms with Crippen molar-refractivity contribution in [3.8, 4) is 17.2 Å². The number of benzene rings is 2. The quantitative estimate of drug-likeness (QED) is 0.294. The van der Waals surface area contributed by atoms with Crippen LogP contribution in [0, 0.1) is 0 Å². The highest BCUT2D eigenvalue weighted by molar-refractivity contribution is 5.88. The van der Waals surface area contributed by atoms with Crippen LogP contribution in [0.3, 0.4) is 0 Å². The molecule has 0 unspecified atom stereocenters. The summed E-state index contributed by atoms with van der Waals surface area (Å²) in [6.07, 6.45) is 11.4. The Labute approximate surface area is 186 Å². The fourth-order valence-corrected chi connectivity index (χ4v) is 3.47. The number of hydrogen-bond acceptors (Lipinski definition) is 4. The summed E-state index contributed by atoms with van der Waals surface area (Å²) >= 11 is 0. The summed E-state index contributed by atoms with van der Waals surface area (Å²) in [5, 5.41) is 18.4. The number of rotatable bonds is 16. The highest BCUT2D eigenvalue weighted by Crippen LogP contribution is 2.29. The topological polar surface area (TPSA) is 76.0 Å². The van der Waals surface area contributed by atoms with Gasteiger partial charge in [0.25, 0.3) is 0 Å². The van der Waals surface area contributed by atoms with Crippen molar-refractivity contribution < 1.29 is 24.5 Å². The van der Waals surface area contributed by atoms with Gasteiger partial charge < -0.3 is 19.7 Å². The van der Waals surface area contributed by atoms with E-state index in [4.69, 9.17) is 14.6 Å². The number of carbonyl (C=O) groups is 1. The van der Waals surface area contributed by atoms with E-state index in [2.05, 4.69) is 6.92 Å². The molecule has 2 aromatic carbocycles. The molecule has 0 saturated carbocycles. The Kier molecular flexibility index (Phi) is 11.5. The number of aliphatic hydroxyl groups excluding tert-OH is 1. The van der Waals surface area contributed by atoms with Crippen molar-refractivity contribution in [2.45, 2.75) is 71.1 Å². The van der Waals surface area contributed by atoms with Gasteiger partial charge in [-0.25, -0.2) is 4.79 Å². The van der Waals surface area contributed by atoms with Crippen molar-refractivity contribution in [2.75, 3.05) is 13.2 Å². The van der Waals surface area contributed by atoms with Crippen LogP contribution in [0.2, 0.25) is 0 Å². The highest BCUT2D eigenvalue weighted by Gasteiger charge is 2.09. The molecule has 2 rings (SSSR count). The molecule has 0 aliphatic carbocycles. The molecule has 0 aromatic heterocycles. The Morgan fingerprint density at radius 2 is 1.58 bits per heavy atom. The maximum absolute atomic E-state index is 11.2. The van der Waals surface area contributed by atoms with Gasteiger partial charge >= 0.3 is 5.97 Å². The predicted molar refractivity (Wildman–Crippen MR) is 123 cm³/mol. The zero-order valence-corrected chi connectivity index (χ0v) is 18.6. The normalized spacial score (nSPS) is 10.8. The van der Waals surface area contributed by atoms with Crippen LogP contribution < -0.4 is 9.47 Å². The van der Waals surface area contributed by atoms with Gasteiger partial charge in [-0.2, -0.15) is 0 Å². The van der Waals surface area contributed by atoms with Gasteiger partial charge in [0.2, 0.25) is 0 Å². The van der Waals surface area contributed by atoms with Crippen LogP contribution in [-0.4, -0.2) is 29.4 Å². The molecule has 0 aliphatic rings. The lowest BCUT2D eigenvalue weighted by Gasteiger charge is -2.14. The summed E-state index contributed by atoms with van der Waals surface area (Å²) in [5.41, 5.74) is 1.17. The van der Waals surface area contributed by atoms with Crippen molar-refractivity contribution in [1.82, 2.24) is 0 Å². The Hall–Kier alpha value is -2.53. The average Bonchev–Trinajstić information content (AvgIpc) is 2.77. The maximum Gasteiger partial charge on any atom is 0.335 e. The lowest BCUT2D eigenvalue weighted by Crippen LogP contribution is -2.02. The molecule has 0 saturated heterocycles. The van der Waals surface area contributed by atoms with Gasteiger partial charge in [-0.05, 0) is 61.2 Å². The fraction of sp³-hybridized carbons (Fsp3) is 0.500. The molecular formula is C26H36O5. The number of ether oxygens (including phenoxy) is 2. The molecule has 2 N–H and O–H groups in total. The van der Waals surface area contributed by atoms with Crippen molar-refractivity contribution >= 4 is 5.97 Å². The van der Waals surface area contributed by atoms with E-state index in [-0.39, 0.29) is 12.2 Å². The Morgan fingerprint density at radius 3 is 2.29 bits per heavy atom. The Balaban J connectivity index is 1.89. The van der Waals surface area contributed by atoms with Gasteiger partial charge in [0.15, 0.2) is 0 Å². The molecule has 0 atom stereocenters. The van der Waals surface area contributed by atoms with Gasteiger partial charge in [0.1, 0.15) is 17.2 Å². The summed E-state index contributed by atoms with van der Waals surface area (Å²) in [7, 11) is 0. The molecule has 0 fully saturated rings. The van der Waals surface area contributed by atoms with Crippen LogP contribution >= 0.6 is 0 Å². The minimum Gasteiger partial charge on any atom is -0.493 e. The maximum atomic E-state index is 11.2. The van der Waals surface area contributed by atoms with Gasteiger partial charge in [0.05, 0.1) is 12.2 Å². The van der Waals surface area contributed by atoms with E-state index in [1.54, 1.807) is 12.1 Å². The molecule has 2 aromatic rings. The molecule has 5 heteroatoms. The van der Waals surface area contributed by atoms with E-state index in [1.807, 2.05) is 18.2 Å². The lowest BCUT2D eigenvalue weighted by molar-refractivity contribution is 0.0696. The van der Waals surface area contributed by atoms with Gasteiger partial charge in [-0.3, -0.25) is 0 Å². The molecule has 170 valence electrons. The molecule has 0 radical (unpaired) electrons. The van der Waals surface area contributed by atoms with Crippen LogP contribution in [0.15, 0.2) is 42.5 Å². The van der Waals surface area contributed by atoms with E-state index in [9.17, 15) is 9.90 Å². The molecule has 0 amide bonds. The minimum absolute atomic E-state index is 0.114. The van der Waals surface area contributed by atoms with Crippen LogP contribution in [-0.2, 0) is 6.42 Å². The number of aryl methyl sites for hydroxylation is 1. The number of carboxylic acids is 1. The summed E-state index contributed by atoms with van der Waals surface area (Å²) in [4.78, 5) is 11.2. The highest BCUT2D eigenvalue weighted by atomic mass is 16.5. The molecule has 0 aliphatic heterocycles. The van der Waals surface area contributed by atoms with Crippen LogP contribution in [0.25, 0.3) is 0 Å². The Bertz CT molecular complexity index is 787. The molecule has 31 heavy (non-hydrogen) atoms. The lowest BCUT2D eigenvalue weighted by atomic mass is 10.1. The molecule has 0 spiro atoms. The number of aliphatic hydroxyl groups is 1. The average molecular weight is 429 g/mol. The zero-order chi connectivity index (χ0) is 22.3. The largest absolute Gasteiger partial charge is 0.493 e. The first-order valence-corrected chi connectivity index (χ1v) is 11.5. The van der Waals surface area contributed by atoms with Crippen molar-refractivity contribution in [1.29, 1.82) is 0 Å². The van der Waals surface area contributed by atoms with Crippen molar-refractivity contribution in [3.63, 3.8) is 0 Å². The van der Waals surface area contributed by atoms with E-state index >= 15 is 0 Å². The number of aromatic carboxylic acids is 1. The van der Waals surface area contributed by atoms with Crippen molar-refractivity contribution in [3.05, 3.63) is 53.6 Å². The number of unbranched alkanes of at least 4 members (excludes halogenated alkanes) is 7. The number of carboxylic acid groups (broad SMARTS) is 1. The second-order valence-electron chi connectivity index (χ2n) is 7.86. The number of hydrogen-bond donors (Lipinski definition) is 2. The summed E-state index contributed by atoms with van der Waals surface area (Å²) in [6, 6.07) is 12.1. The smallest absolute Gasteiger partial charge is 0.335 e. The van der Waals surface area contributed by atoms with E-state index in [0.717, 1.165) is 17.7 Å². The minimum atomic E-state index is -0.987. The standard InChI is InChI=1S/C26H36O5/c1-2-3-4-5-6-7-8-9-18-30-25-16-15-24(19-21(25)13-11-17-27)31-23-14-10-12-22(20-23)26(28)29/h10,12,14-16,19-20,27H,2-9,11,13,17-18H2,1H3,(H,28,29). The first kappa shape index (κ1) is 24.7. The first-order valence-electron chi connectivity index (χ1n) is 11.5. The molecule has 5 nitrogen and oxygen atoms in total. The van der Waals surface area contributed by atoms with Gasteiger partial charge in [-0.15, -0.1) is 0 Å². The summed E-state index contributed by atoms with van der Waals surface area (Å²) in [5.74, 6) is 0.928. The van der Waals surface area contributed by atoms with Gasteiger partial charge in [-0.1, -0.05) is 57.9 Å².